The molecule has 3 aromatic rings. The van der Waals surface area contributed by atoms with Crippen LogP contribution in [0.15, 0.2) is 72.0 Å². The molecule has 2 unspecified atom stereocenters. The molecule has 0 bridgehead atoms. The van der Waals surface area contributed by atoms with E-state index in [9.17, 15) is 4.39 Å². The Morgan fingerprint density at radius 1 is 1.16 bits per heavy atom. The Hall–Kier alpha value is -2.46. The van der Waals surface area contributed by atoms with Gasteiger partial charge in [-0.1, -0.05) is 30.3 Å². The molecule has 1 N–H and O–H groups in total. The van der Waals surface area contributed by atoms with Crippen molar-refractivity contribution in [2.24, 2.45) is 4.99 Å². The molecule has 1 aromatic heterocycles. The maximum atomic E-state index is 13.3. The second-order valence-corrected chi connectivity index (χ2v) is 7.37. The fourth-order valence-electron chi connectivity index (χ4n) is 3.79. The van der Waals surface area contributed by atoms with Gasteiger partial charge < -0.3 is 15.0 Å². The summed E-state index contributed by atoms with van der Waals surface area (Å²) in [7, 11) is 1.79. The SMILES string of the molecule is CN=C(NCc1ccccc1-n1cccn1)N1CC(C)OC(c2ccc(F)cc2)C1.I. The first-order valence-electron chi connectivity index (χ1n) is 10.1. The molecule has 0 saturated carbocycles. The van der Waals surface area contributed by atoms with Gasteiger partial charge >= 0.3 is 0 Å². The van der Waals surface area contributed by atoms with Gasteiger partial charge in [-0.3, -0.25) is 4.99 Å². The van der Waals surface area contributed by atoms with E-state index in [0.717, 1.165) is 29.3 Å². The van der Waals surface area contributed by atoms with Crippen molar-refractivity contribution in [3.05, 3.63) is 83.9 Å². The summed E-state index contributed by atoms with van der Waals surface area (Å²) in [6, 6.07) is 16.6. The summed E-state index contributed by atoms with van der Waals surface area (Å²) in [5.74, 6) is 0.570. The van der Waals surface area contributed by atoms with Crippen LogP contribution >= 0.6 is 24.0 Å². The first kappa shape index (κ1) is 23.2. The van der Waals surface area contributed by atoms with Gasteiger partial charge in [0.1, 0.15) is 11.9 Å². The zero-order chi connectivity index (χ0) is 20.9. The standard InChI is InChI=1S/C23H26FN5O.HI/c1-17-15-28(16-22(30-17)18-8-10-20(24)11-9-18)23(25-2)26-14-19-6-3-4-7-21(19)29-13-5-12-27-29;/h3-13,17,22H,14-16H2,1-2H3,(H,25,26);1H. The van der Waals surface area contributed by atoms with E-state index in [0.29, 0.717) is 13.1 Å². The van der Waals surface area contributed by atoms with E-state index in [2.05, 4.69) is 26.4 Å². The third-order valence-electron chi connectivity index (χ3n) is 5.19. The van der Waals surface area contributed by atoms with Crippen LogP contribution in [0.25, 0.3) is 5.69 Å². The Bertz CT molecular complexity index is 993. The molecule has 2 atom stereocenters. The number of aromatic nitrogens is 2. The van der Waals surface area contributed by atoms with E-state index in [-0.39, 0.29) is 42.0 Å². The summed E-state index contributed by atoms with van der Waals surface area (Å²) >= 11 is 0. The molecular weight excluding hydrogens is 508 g/mol. The van der Waals surface area contributed by atoms with Crippen LogP contribution in [-0.2, 0) is 11.3 Å². The van der Waals surface area contributed by atoms with Gasteiger partial charge in [-0.05, 0) is 42.3 Å². The first-order chi connectivity index (χ1) is 14.6. The average Bonchev–Trinajstić information content (AvgIpc) is 3.29. The van der Waals surface area contributed by atoms with E-state index < -0.39 is 0 Å². The Kier molecular flexibility index (Phi) is 8.03. The van der Waals surface area contributed by atoms with Crippen LogP contribution in [0.4, 0.5) is 4.39 Å². The van der Waals surface area contributed by atoms with Crippen molar-refractivity contribution < 1.29 is 9.13 Å². The highest BCUT2D eigenvalue weighted by Gasteiger charge is 2.28. The van der Waals surface area contributed by atoms with Crippen molar-refractivity contribution in [2.75, 3.05) is 20.1 Å². The van der Waals surface area contributed by atoms with Crippen LogP contribution in [0.2, 0.25) is 0 Å². The molecule has 31 heavy (non-hydrogen) atoms. The number of hydrogen-bond acceptors (Lipinski definition) is 3. The molecule has 0 radical (unpaired) electrons. The van der Waals surface area contributed by atoms with E-state index in [1.807, 2.05) is 42.1 Å². The molecule has 0 aliphatic carbocycles. The number of nitrogens with one attached hydrogen (secondary N) is 1. The highest BCUT2D eigenvalue weighted by Crippen LogP contribution is 2.25. The van der Waals surface area contributed by atoms with Crippen LogP contribution < -0.4 is 5.32 Å². The lowest BCUT2D eigenvalue weighted by Gasteiger charge is -2.38. The lowest BCUT2D eigenvalue weighted by atomic mass is 10.1. The molecule has 0 amide bonds. The number of aliphatic imine (C=N–C) groups is 1. The summed E-state index contributed by atoms with van der Waals surface area (Å²) in [4.78, 5) is 6.68. The first-order valence-corrected chi connectivity index (χ1v) is 10.1. The fourth-order valence-corrected chi connectivity index (χ4v) is 3.79. The summed E-state index contributed by atoms with van der Waals surface area (Å²) in [6.07, 6.45) is 3.60. The maximum Gasteiger partial charge on any atom is 0.194 e. The molecule has 1 aliphatic heterocycles. The normalized spacial score (nSPS) is 19.1. The predicted octanol–water partition coefficient (Wildman–Crippen LogP) is 4.17. The number of nitrogens with zero attached hydrogens (tertiary/aromatic N) is 4. The third-order valence-corrected chi connectivity index (χ3v) is 5.19. The van der Waals surface area contributed by atoms with Crippen LogP contribution in [0.1, 0.15) is 24.2 Å². The summed E-state index contributed by atoms with van der Waals surface area (Å²) in [5, 5.41) is 7.83. The van der Waals surface area contributed by atoms with Crippen LogP contribution in [0.5, 0.6) is 0 Å². The highest BCUT2D eigenvalue weighted by atomic mass is 127. The van der Waals surface area contributed by atoms with Crippen molar-refractivity contribution >= 4 is 29.9 Å². The minimum Gasteiger partial charge on any atom is -0.367 e. The van der Waals surface area contributed by atoms with Gasteiger partial charge in [0, 0.05) is 32.5 Å². The second-order valence-electron chi connectivity index (χ2n) is 7.37. The molecule has 6 nitrogen and oxygen atoms in total. The quantitative estimate of drug-likeness (QED) is 0.310. The van der Waals surface area contributed by atoms with Crippen LogP contribution in [0.3, 0.4) is 0 Å². The van der Waals surface area contributed by atoms with Gasteiger partial charge in [0.05, 0.1) is 18.3 Å². The van der Waals surface area contributed by atoms with Crippen LogP contribution in [0, 0.1) is 5.82 Å². The van der Waals surface area contributed by atoms with Gasteiger partial charge in [-0.25, -0.2) is 9.07 Å². The molecule has 2 heterocycles. The fraction of sp³-hybridized carbons (Fsp3) is 0.304. The number of guanidine groups is 1. The minimum absolute atomic E-state index is 0. The molecule has 1 saturated heterocycles. The number of rotatable bonds is 4. The zero-order valence-corrected chi connectivity index (χ0v) is 19.9. The van der Waals surface area contributed by atoms with Gasteiger partial charge in [-0.15, -0.1) is 24.0 Å². The van der Waals surface area contributed by atoms with Crippen molar-refractivity contribution in [1.29, 1.82) is 0 Å². The number of para-hydroxylation sites is 1. The molecule has 2 aromatic carbocycles. The van der Waals surface area contributed by atoms with Gasteiger partial charge in [0.2, 0.25) is 0 Å². The van der Waals surface area contributed by atoms with E-state index >= 15 is 0 Å². The zero-order valence-electron chi connectivity index (χ0n) is 17.6. The van der Waals surface area contributed by atoms with Crippen molar-refractivity contribution in [3.8, 4) is 5.69 Å². The molecule has 1 fully saturated rings. The lowest BCUT2D eigenvalue weighted by molar-refractivity contribution is -0.0605. The molecule has 8 heteroatoms. The Labute approximate surface area is 199 Å². The van der Waals surface area contributed by atoms with Crippen molar-refractivity contribution in [3.63, 3.8) is 0 Å². The summed E-state index contributed by atoms with van der Waals surface area (Å²) in [5.41, 5.74) is 3.12. The maximum absolute atomic E-state index is 13.3. The van der Waals surface area contributed by atoms with Gasteiger partial charge in [0.25, 0.3) is 0 Å². The third kappa shape index (κ3) is 5.62. The van der Waals surface area contributed by atoms with Crippen LogP contribution in [-0.4, -0.2) is 46.9 Å². The predicted molar refractivity (Wildman–Crippen MR) is 130 cm³/mol. The summed E-state index contributed by atoms with van der Waals surface area (Å²) in [6.45, 7) is 4.05. The average molecular weight is 535 g/mol. The number of hydrogen-bond donors (Lipinski definition) is 1. The Morgan fingerprint density at radius 2 is 1.94 bits per heavy atom. The second kappa shape index (κ2) is 10.7. The number of halogens is 2. The molecule has 4 rings (SSSR count). The van der Waals surface area contributed by atoms with E-state index in [4.69, 9.17) is 4.74 Å². The largest absolute Gasteiger partial charge is 0.367 e. The molecule has 0 spiro atoms. The monoisotopic (exact) mass is 535 g/mol. The van der Waals surface area contributed by atoms with E-state index in [1.165, 1.54) is 12.1 Å². The summed E-state index contributed by atoms with van der Waals surface area (Å²) < 4.78 is 21.3. The molecule has 1 aliphatic rings. The molecule has 164 valence electrons. The Morgan fingerprint density at radius 3 is 2.65 bits per heavy atom. The van der Waals surface area contributed by atoms with Gasteiger partial charge in [0.15, 0.2) is 5.96 Å². The minimum atomic E-state index is -0.243. The van der Waals surface area contributed by atoms with Crippen molar-refractivity contribution in [1.82, 2.24) is 20.0 Å². The molecular formula is C23H27FIN5O. The number of morpholine rings is 1. The Balaban J connectivity index is 0.00000272. The van der Waals surface area contributed by atoms with E-state index in [1.54, 1.807) is 25.4 Å². The number of ether oxygens (including phenoxy) is 1. The van der Waals surface area contributed by atoms with Crippen molar-refractivity contribution in [2.45, 2.75) is 25.7 Å². The smallest absolute Gasteiger partial charge is 0.194 e. The van der Waals surface area contributed by atoms with Gasteiger partial charge in [-0.2, -0.15) is 5.10 Å². The number of benzene rings is 2. The topological polar surface area (TPSA) is 54.7 Å². The highest BCUT2D eigenvalue weighted by molar-refractivity contribution is 14.0. The lowest BCUT2D eigenvalue weighted by Crippen LogP contribution is -2.50.